The summed E-state index contributed by atoms with van der Waals surface area (Å²) >= 11 is 5.39. The normalized spacial score (nSPS) is 10.4. The number of nitrogens with one attached hydrogen (secondary N) is 2. The number of hydrogen-bond donors (Lipinski definition) is 2. The van der Waals surface area contributed by atoms with Crippen LogP contribution in [0.25, 0.3) is 0 Å². The predicted octanol–water partition coefficient (Wildman–Crippen LogP) is 5.26. The van der Waals surface area contributed by atoms with E-state index in [9.17, 15) is 0 Å². The number of anilines is 1. The Hall–Kier alpha value is -2.85. The van der Waals surface area contributed by atoms with E-state index in [1.807, 2.05) is 24.3 Å². The average molecular weight is 391 g/mol. The van der Waals surface area contributed by atoms with Crippen molar-refractivity contribution < 1.29 is 4.74 Å². The second-order valence-electron chi connectivity index (χ2n) is 6.82. The minimum absolute atomic E-state index is 0.542. The highest BCUT2D eigenvalue weighted by Crippen LogP contribution is 2.21. The fourth-order valence-electron chi connectivity index (χ4n) is 3.05. The van der Waals surface area contributed by atoms with Crippen molar-refractivity contribution in [2.45, 2.75) is 20.3 Å². The maximum atomic E-state index is 6.00. The highest BCUT2D eigenvalue weighted by Gasteiger charge is 2.05. The lowest BCUT2D eigenvalue weighted by Gasteiger charge is -2.15. The molecule has 0 amide bonds. The van der Waals surface area contributed by atoms with Crippen molar-refractivity contribution in [2.75, 3.05) is 18.5 Å². The van der Waals surface area contributed by atoms with Crippen molar-refractivity contribution in [1.29, 1.82) is 0 Å². The molecule has 3 rings (SSSR count). The predicted molar refractivity (Wildman–Crippen MR) is 121 cm³/mol. The molecule has 0 radical (unpaired) electrons. The van der Waals surface area contributed by atoms with E-state index in [2.05, 4.69) is 73.0 Å². The van der Waals surface area contributed by atoms with Crippen LogP contribution in [0.3, 0.4) is 0 Å². The number of hydrogen-bond acceptors (Lipinski definition) is 2. The summed E-state index contributed by atoms with van der Waals surface area (Å²) in [6, 6.07) is 24.9. The van der Waals surface area contributed by atoms with E-state index in [0.717, 1.165) is 17.9 Å². The number of rotatable bonds is 7. The summed E-state index contributed by atoms with van der Waals surface area (Å²) in [7, 11) is 0. The molecule has 0 unspecified atom stereocenters. The zero-order valence-electron chi connectivity index (χ0n) is 16.4. The van der Waals surface area contributed by atoms with Gasteiger partial charge in [0.1, 0.15) is 12.4 Å². The molecule has 28 heavy (non-hydrogen) atoms. The van der Waals surface area contributed by atoms with E-state index in [-0.39, 0.29) is 0 Å². The molecule has 0 atom stereocenters. The van der Waals surface area contributed by atoms with Gasteiger partial charge in [-0.25, -0.2) is 0 Å². The van der Waals surface area contributed by atoms with Gasteiger partial charge in [-0.15, -0.1) is 0 Å². The maximum Gasteiger partial charge on any atom is 0.170 e. The third-order valence-corrected chi connectivity index (χ3v) is 4.73. The summed E-state index contributed by atoms with van der Waals surface area (Å²) in [5.41, 5.74) is 5.90. The van der Waals surface area contributed by atoms with Gasteiger partial charge in [-0.1, -0.05) is 66.2 Å². The second-order valence-corrected chi connectivity index (χ2v) is 7.23. The van der Waals surface area contributed by atoms with Gasteiger partial charge in [-0.05, 0) is 54.9 Å². The van der Waals surface area contributed by atoms with Crippen LogP contribution in [-0.4, -0.2) is 18.3 Å². The van der Waals surface area contributed by atoms with Crippen LogP contribution < -0.4 is 15.4 Å². The number of thiocarbonyl (C=S) groups is 1. The minimum atomic E-state index is 0.542. The molecule has 0 aliphatic heterocycles. The summed E-state index contributed by atoms with van der Waals surface area (Å²) in [5, 5.41) is 7.06. The van der Waals surface area contributed by atoms with Crippen LogP contribution in [0.2, 0.25) is 0 Å². The number of benzene rings is 3. The van der Waals surface area contributed by atoms with Gasteiger partial charge in [-0.2, -0.15) is 0 Å². The third kappa shape index (κ3) is 5.83. The molecule has 0 aliphatic rings. The summed E-state index contributed by atoms with van der Waals surface area (Å²) in [6.07, 6.45) is 0.858. The quantitative estimate of drug-likeness (QED) is 0.426. The number of ether oxygens (including phenoxy) is 1. The Morgan fingerprint density at radius 3 is 2.46 bits per heavy atom. The molecule has 0 heterocycles. The third-order valence-electron chi connectivity index (χ3n) is 4.49. The Balaban J connectivity index is 1.48. The SMILES string of the molecule is Cc1ccc(NC(=S)NCCOc2ccccc2Cc2ccccc2)c(C)c1. The van der Waals surface area contributed by atoms with E-state index in [4.69, 9.17) is 17.0 Å². The molecule has 0 bridgehead atoms. The lowest BCUT2D eigenvalue weighted by Crippen LogP contribution is -2.32. The maximum absolute atomic E-state index is 6.00. The molecule has 0 saturated carbocycles. The first kappa shape index (κ1) is 19.9. The lowest BCUT2D eigenvalue weighted by molar-refractivity contribution is 0.320. The molecule has 0 aromatic heterocycles. The number of aryl methyl sites for hydroxylation is 2. The monoisotopic (exact) mass is 390 g/mol. The lowest BCUT2D eigenvalue weighted by atomic mass is 10.0. The van der Waals surface area contributed by atoms with Crippen molar-refractivity contribution in [2.24, 2.45) is 0 Å². The topological polar surface area (TPSA) is 33.3 Å². The van der Waals surface area contributed by atoms with E-state index in [1.54, 1.807) is 0 Å². The molecule has 2 N–H and O–H groups in total. The fourth-order valence-corrected chi connectivity index (χ4v) is 3.26. The summed E-state index contributed by atoms with van der Waals surface area (Å²) in [6.45, 7) is 5.34. The minimum Gasteiger partial charge on any atom is -0.491 e. The Labute approximate surface area is 172 Å². The van der Waals surface area contributed by atoms with E-state index >= 15 is 0 Å². The van der Waals surface area contributed by atoms with Crippen LogP contribution in [0.15, 0.2) is 72.8 Å². The molecule has 0 aliphatic carbocycles. The van der Waals surface area contributed by atoms with Gasteiger partial charge in [0.15, 0.2) is 5.11 Å². The van der Waals surface area contributed by atoms with Crippen LogP contribution in [0.1, 0.15) is 22.3 Å². The van der Waals surface area contributed by atoms with Crippen LogP contribution in [0.5, 0.6) is 5.75 Å². The van der Waals surface area contributed by atoms with Crippen LogP contribution >= 0.6 is 12.2 Å². The van der Waals surface area contributed by atoms with Gasteiger partial charge in [0.05, 0.1) is 6.54 Å². The first-order chi connectivity index (χ1) is 13.6. The Morgan fingerprint density at radius 2 is 1.68 bits per heavy atom. The molecule has 0 spiro atoms. The van der Waals surface area contributed by atoms with Crippen LogP contribution in [0.4, 0.5) is 5.69 Å². The molecular weight excluding hydrogens is 364 g/mol. The molecule has 3 aromatic rings. The summed E-state index contributed by atoms with van der Waals surface area (Å²) in [4.78, 5) is 0. The van der Waals surface area contributed by atoms with Crippen molar-refractivity contribution in [1.82, 2.24) is 5.32 Å². The summed E-state index contributed by atoms with van der Waals surface area (Å²) < 4.78 is 6.00. The fraction of sp³-hybridized carbons (Fsp3) is 0.208. The van der Waals surface area contributed by atoms with Crippen molar-refractivity contribution in [3.63, 3.8) is 0 Å². The Morgan fingerprint density at radius 1 is 0.929 bits per heavy atom. The van der Waals surface area contributed by atoms with Gasteiger partial charge in [0.2, 0.25) is 0 Å². The second kappa shape index (κ2) is 9.90. The summed E-state index contributed by atoms with van der Waals surface area (Å²) in [5.74, 6) is 0.918. The highest BCUT2D eigenvalue weighted by molar-refractivity contribution is 7.80. The first-order valence-electron chi connectivity index (χ1n) is 9.48. The van der Waals surface area contributed by atoms with Crippen molar-refractivity contribution in [3.05, 3.63) is 95.1 Å². The average Bonchev–Trinajstić information content (AvgIpc) is 2.69. The zero-order chi connectivity index (χ0) is 19.8. The zero-order valence-corrected chi connectivity index (χ0v) is 17.2. The van der Waals surface area contributed by atoms with E-state index in [1.165, 1.54) is 22.3 Å². The van der Waals surface area contributed by atoms with Crippen molar-refractivity contribution >= 4 is 23.0 Å². The van der Waals surface area contributed by atoms with Gasteiger partial charge in [0, 0.05) is 12.1 Å². The Kier molecular flexibility index (Phi) is 7.04. The molecule has 3 aromatic carbocycles. The molecular formula is C24H26N2OS. The van der Waals surface area contributed by atoms with E-state index < -0.39 is 0 Å². The Bertz CT molecular complexity index is 925. The molecule has 0 fully saturated rings. The van der Waals surface area contributed by atoms with Gasteiger partial charge in [-0.3, -0.25) is 0 Å². The van der Waals surface area contributed by atoms with Crippen molar-refractivity contribution in [3.8, 4) is 5.75 Å². The van der Waals surface area contributed by atoms with E-state index in [0.29, 0.717) is 18.3 Å². The standard InChI is InChI=1S/C24H26N2OS/c1-18-12-13-22(19(2)16-18)26-24(28)25-14-15-27-23-11-7-6-10-21(23)17-20-8-4-3-5-9-20/h3-13,16H,14-15,17H2,1-2H3,(H2,25,26,28). The number of para-hydroxylation sites is 1. The van der Waals surface area contributed by atoms with Gasteiger partial charge >= 0.3 is 0 Å². The van der Waals surface area contributed by atoms with Crippen LogP contribution in [0, 0.1) is 13.8 Å². The highest BCUT2D eigenvalue weighted by atomic mass is 32.1. The van der Waals surface area contributed by atoms with Gasteiger partial charge in [0.25, 0.3) is 0 Å². The smallest absolute Gasteiger partial charge is 0.170 e. The molecule has 4 heteroatoms. The molecule has 0 saturated heterocycles. The van der Waals surface area contributed by atoms with Crippen LogP contribution in [-0.2, 0) is 6.42 Å². The van der Waals surface area contributed by atoms with Gasteiger partial charge < -0.3 is 15.4 Å². The largest absolute Gasteiger partial charge is 0.491 e. The molecule has 144 valence electrons. The first-order valence-corrected chi connectivity index (χ1v) is 9.89. The molecule has 3 nitrogen and oxygen atoms in total.